The van der Waals surface area contributed by atoms with Gasteiger partial charge in [-0.2, -0.15) is 0 Å². The highest BCUT2D eigenvalue weighted by Crippen LogP contribution is 2.20. The Balaban J connectivity index is 1.77. The van der Waals surface area contributed by atoms with Crippen molar-refractivity contribution in [2.75, 3.05) is 6.61 Å². The van der Waals surface area contributed by atoms with Crippen molar-refractivity contribution in [3.63, 3.8) is 0 Å². The molecule has 102 valence electrons. The third-order valence-corrected chi connectivity index (χ3v) is 3.80. The Morgan fingerprint density at radius 1 is 1.44 bits per heavy atom. The predicted octanol–water partition coefficient (Wildman–Crippen LogP) is 2.64. The fourth-order valence-corrected chi connectivity index (χ4v) is 2.59. The Hall–Kier alpha value is -0.870. The number of nitrogens with two attached hydrogens (primary N) is 1. The molecular formula is C14H25N3O. The van der Waals surface area contributed by atoms with Crippen molar-refractivity contribution in [1.82, 2.24) is 9.55 Å². The molecule has 1 aromatic rings. The van der Waals surface area contributed by atoms with E-state index in [2.05, 4.69) is 16.5 Å². The first kappa shape index (κ1) is 13.6. The summed E-state index contributed by atoms with van der Waals surface area (Å²) in [6.07, 6.45) is 11.6. The summed E-state index contributed by atoms with van der Waals surface area (Å²) in [6.45, 7) is 3.73. The first-order valence-corrected chi connectivity index (χ1v) is 7.18. The normalized spacial score (nSPS) is 19.0. The molecule has 1 aliphatic carbocycles. The number of ether oxygens (including phenoxy) is 1. The molecule has 1 aromatic heterocycles. The van der Waals surface area contributed by atoms with Crippen molar-refractivity contribution in [3.8, 4) is 0 Å². The van der Waals surface area contributed by atoms with Gasteiger partial charge in [0.25, 0.3) is 0 Å². The highest BCUT2D eigenvalue weighted by Gasteiger charge is 2.14. The van der Waals surface area contributed by atoms with E-state index < -0.39 is 0 Å². The van der Waals surface area contributed by atoms with Gasteiger partial charge in [-0.15, -0.1) is 0 Å². The van der Waals surface area contributed by atoms with Crippen LogP contribution in [-0.4, -0.2) is 22.3 Å². The third kappa shape index (κ3) is 3.56. The molecule has 2 rings (SSSR count). The van der Waals surface area contributed by atoms with Crippen LogP contribution in [-0.2, 0) is 11.3 Å². The van der Waals surface area contributed by atoms with E-state index in [-0.39, 0.29) is 6.04 Å². The highest BCUT2D eigenvalue weighted by molar-refractivity contribution is 5.04. The van der Waals surface area contributed by atoms with Crippen LogP contribution >= 0.6 is 0 Å². The van der Waals surface area contributed by atoms with Crippen LogP contribution in [0.1, 0.15) is 57.2 Å². The van der Waals surface area contributed by atoms with Gasteiger partial charge < -0.3 is 15.0 Å². The summed E-state index contributed by atoms with van der Waals surface area (Å²) < 4.78 is 8.06. The van der Waals surface area contributed by atoms with Crippen molar-refractivity contribution in [2.24, 2.45) is 5.73 Å². The minimum atomic E-state index is 0.0854. The number of imidazole rings is 1. The molecule has 1 heterocycles. The SMILES string of the molecule is CC[C@@H](N)c1cncn1CCOC1CCCCC1. The van der Waals surface area contributed by atoms with Crippen molar-refractivity contribution in [3.05, 3.63) is 18.2 Å². The molecule has 18 heavy (non-hydrogen) atoms. The molecule has 0 radical (unpaired) electrons. The van der Waals surface area contributed by atoms with E-state index in [1.807, 2.05) is 12.5 Å². The molecule has 0 bridgehead atoms. The summed E-state index contributed by atoms with van der Waals surface area (Å²) in [6, 6.07) is 0.0854. The zero-order valence-electron chi connectivity index (χ0n) is 11.3. The zero-order chi connectivity index (χ0) is 12.8. The van der Waals surface area contributed by atoms with E-state index in [1.165, 1.54) is 32.1 Å². The van der Waals surface area contributed by atoms with E-state index in [1.54, 1.807) is 0 Å². The van der Waals surface area contributed by atoms with Crippen LogP contribution in [0.4, 0.5) is 0 Å². The molecule has 1 atom stereocenters. The molecule has 4 heteroatoms. The molecular weight excluding hydrogens is 226 g/mol. The molecule has 0 aromatic carbocycles. The van der Waals surface area contributed by atoms with E-state index in [4.69, 9.17) is 10.5 Å². The Labute approximate surface area is 110 Å². The van der Waals surface area contributed by atoms with Crippen molar-refractivity contribution in [1.29, 1.82) is 0 Å². The molecule has 4 nitrogen and oxygen atoms in total. The first-order valence-electron chi connectivity index (χ1n) is 7.18. The molecule has 0 aliphatic heterocycles. The lowest BCUT2D eigenvalue weighted by Gasteiger charge is -2.22. The van der Waals surface area contributed by atoms with Gasteiger partial charge in [-0.05, 0) is 19.3 Å². The highest BCUT2D eigenvalue weighted by atomic mass is 16.5. The van der Waals surface area contributed by atoms with Crippen LogP contribution in [0.2, 0.25) is 0 Å². The van der Waals surface area contributed by atoms with E-state index in [0.29, 0.717) is 6.10 Å². The van der Waals surface area contributed by atoms with Crippen LogP contribution in [0.5, 0.6) is 0 Å². The van der Waals surface area contributed by atoms with E-state index in [0.717, 1.165) is 25.3 Å². The molecule has 0 unspecified atom stereocenters. The van der Waals surface area contributed by atoms with Gasteiger partial charge >= 0.3 is 0 Å². The number of aromatic nitrogens is 2. The van der Waals surface area contributed by atoms with Crippen LogP contribution < -0.4 is 5.73 Å². The molecule has 0 saturated heterocycles. The van der Waals surface area contributed by atoms with E-state index in [9.17, 15) is 0 Å². The van der Waals surface area contributed by atoms with Gasteiger partial charge in [0, 0.05) is 18.8 Å². The Kier molecular flexibility index (Phi) is 5.20. The summed E-state index contributed by atoms with van der Waals surface area (Å²) >= 11 is 0. The number of hydrogen-bond donors (Lipinski definition) is 1. The number of rotatable bonds is 6. The van der Waals surface area contributed by atoms with Crippen molar-refractivity contribution < 1.29 is 4.74 Å². The second kappa shape index (κ2) is 6.90. The topological polar surface area (TPSA) is 53.1 Å². The Bertz CT molecular complexity index is 345. The lowest BCUT2D eigenvalue weighted by Crippen LogP contribution is -2.21. The van der Waals surface area contributed by atoms with Crippen LogP contribution in [0.3, 0.4) is 0 Å². The fraction of sp³-hybridized carbons (Fsp3) is 0.786. The molecule has 1 saturated carbocycles. The molecule has 0 amide bonds. The summed E-state index contributed by atoms with van der Waals surface area (Å²) in [5, 5.41) is 0. The van der Waals surface area contributed by atoms with Gasteiger partial charge in [0.2, 0.25) is 0 Å². The third-order valence-electron chi connectivity index (χ3n) is 3.80. The quantitative estimate of drug-likeness (QED) is 0.845. The van der Waals surface area contributed by atoms with Gasteiger partial charge in [0.05, 0.1) is 24.7 Å². The molecule has 1 aliphatic rings. The van der Waals surface area contributed by atoms with Crippen molar-refractivity contribution >= 4 is 0 Å². The van der Waals surface area contributed by atoms with Crippen LogP contribution in [0, 0.1) is 0 Å². The smallest absolute Gasteiger partial charge is 0.0949 e. The minimum Gasteiger partial charge on any atom is -0.376 e. The average Bonchev–Trinajstić information content (AvgIpc) is 2.87. The largest absolute Gasteiger partial charge is 0.376 e. The summed E-state index contributed by atoms with van der Waals surface area (Å²) in [4.78, 5) is 4.18. The summed E-state index contributed by atoms with van der Waals surface area (Å²) in [7, 11) is 0. The second-order valence-electron chi connectivity index (χ2n) is 5.16. The monoisotopic (exact) mass is 251 g/mol. The van der Waals surface area contributed by atoms with Crippen LogP contribution in [0.15, 0.2) is 12.5 Å². The lowest BCUT2D eigenvalue weighted by molar-refractivity contribution is 0.0237. The standard InChI is InChI=1S/C14H25N3O/c1-2-13(15)14-10-16-11-17(14)8-9-18-12-6-4-3-5-7-12/h10-13H,2-9,15H2,1H3/t13-/m1/s1. The Morgan fingerprint density at radius 2 is 2.22 bits per heavy atom. The van der Waals surface area contributed by atoms with Gasteiger partial charge in [0.1, 0.15) is 0 Å². The van der Waals surface area contributed by atoms with Crippen molar-refractivity contribution in [2.45, 2.75) is 64.1 Å². The Morgan fingerprint density at radius 3 is 2.94 bits per heavy atom. The zero-order valence-corrected chi connectivity index (χ0v) is 11.3. The lowest BCUT2D eigenvalue weighted by atomic mass is 9.98. The molecule has 0 spiro atoms. The predicted molar refractivity (Wildman–Crippen MR) is 72.3 cm³/mol. The van der Waals surface area contributed by atoms with Gasteiger partial charge in [-0.25, -0.2) is 4.98 Å². The minimum absolute atomic E-state index is 0.0854. The van der Waals surface area contributed by atoms with Crippen LogP contribution in [0.25, 0.3) is 0 Å². The molecule has 2 N–H and O–H groups in total. The van der Waals surface area contributed by atoms with Gasteiger partial charge in [-0.3, -0.25) is 0 Å². The number of hydrogen-bond acceptors (Lipinski definition) is 3. The maximum atomic E-state index is 6.05. The van der Waals surface area contributed by atoms with E-state index >= 15 is 0 Å². The summed E-state index contributed by atoms with van der Waals surface area (Å²) in [5.41, 5.74) is 7.17. The van der Waals surface area contributed by atoms with Gasteiger partial charge in [0.15, 0.2) is 0 Å². The second-order valence-corrected chi connectivity index (χ2v) is 5.16. The average molecular weight is 251 g/mol. The maximum Gasteiger partial charge on any atom is 0.0949 e. The first-order chi connectivity index (χ1) is 8.81. The molecule has 1 fully saturated rings. The fourth-order valence-electron chi connectivity index (χ4n) is 2.59. The number of nitrogens with zero attached hydrogens (tertiary/aromatic N) is 2. The maximum absolute atomic E-state index is 6.05. The van der Waals surface area contributed by atoms with Gasteiger partial charge in [-0.1, -0.05) is 26.2 Å². The summed E-state index contributed by atoms with van der Waals surface area (Å²) in [5.74, 6) is 0.